The molecule has 15 heavy (non-hydrogen) atoms. The van der Waals surface area contributed by atoms with Crippen LogP contribution in [0.2, 0.25) is 0 Å². The number of carbonyl (C=O) groups is 1. The van der Waals surface area contributed by atoms with Gasteiger partial charge in [-0.3, -0.25) is 9.69 Å². The molecule has 88 valence electrons. The summed E-state index contributed by atoms with van der Waals surface area (Å²) in [6.07, 6.45) is 4.42. The third-order valence-electron chi connectivity index (χ3n) is 3.25. The van der Waals surface area contributed by atoms with Crippen molar-refractivity contribution in [2.75, 3.05) is 27.7 Å². The zero-order valence-corrected chi connectivity index (χ0v) is 10.1. The molecular formula is C11H23N3O. The minimum absolute atomic E-state index is 0.173. The number of carbonyl (C=O) groups excluding carboxylic acids is 1. The van der Waals surface area contributed by atoms with E-state index in [9.17, 15) is 4.79 Å². The minimum Gasteiger partial charge on any atom is -0.348 e. The van der Waals surface area contributed by atoms with Crippen molar-refractivity contribution in [3.8, 4) is 0 Å². The van der Waals surface area contributed by atoms with E-state index in [1.165, 1.54) is 0 Å². The number of rotatable bonds is 3. The Hall–Kier alpha value is -0.610. The topological polar surface area (TPSA) is 49.6 Å². The van der Waals surface area contributed by atoms with Gasteiger partial charge in [-0.05, 0) is 32.7 Å². The van der Waals surface area contributed by atoms with E-state index < -0.39 is 0 Å². The number of nitrogens with two attached hydrogens (primary N) is 1. The van der Waals surface area contributed by atoms with Gasteiger partial charge in [0.1, 0.15) is 0 Å². The molecule has 0 bridgehead atoms. The van der Waals surface area contributed by atoms with Crippen LogP contribution in [0.1, 0.15) is 25.7 Å². The second-order valence-electron chi connectivity index (χ2n) is 4.77. The first kappa shape index (κ1) is 12.5. The summed E-state index contributed by atoms with van der Waals surface area (Å²) in [5, 5.41) is 0. The summed E-state index contributed by atoms with van der Waals surface area (Å²) in [4.78, 5) is 15.3. The van der Waals surface area contributed by atoms with E-state index in [0.717, 1.165) is 25.7 Å². The number of amides is 1. The lowest BCUT2D eigenvalue weighted by atomic mass is 9.91. The number of nitrogens with zero attached hydrogens (tertiary/aromatic N) is 2. The predicted molar refractivity (Wildman–Crippen MR) is 61.6 cm³/mol. The smallest absolute Gasteiger partial charge is 0.236 e. The Morgan fingerprint density at radius 2 is 1.73 bits per heavy atom. The molecular weight excluding hydrogens is 190 g/mol. The first-order chi connectivity index (χ1) is 7.00. The van der Waals surface area contributed by atoms with Gasteiger partial charge in [-0.15, -0.1) is 0 Å². The predicted octanol–water partition coefficient (Wildman–Crippen LogP) is 0.276. The van der Waals surface area contributed by atoms with Crippen LogP contribution < -0.4 is 5.73 Å². The lowest BCUT2D eigenvalue weighted by molar-refractivity contribution is -0.130. The summed E-state index contributed by atoms with van der Waals surface area (Å²) >= 11 is 0. The molecule has 0 aromatic rings. The van der Waals surface area contributed by atoms with Crippen LogP contribution in [0.25, 0.3) is 0 Å². The van der Waals surface area contributed by atoms with Crippen LogP contribution in [0, 0.1) is 0 Å². The molecule has 1 aliphatic carbocycles. The average molecular weight is 213 g/mol. The number of hydrogen-bond donors (Lipinski definition) is 1. The molecule has 0 aromatic heterocycles. The van der Waals surface area contributed by atoms with Crippen LogP contribution in [-0.4, -0.2) is 55.5 Å². The molecule has 0 atom stereocenters. The summed E-state index contributed by atoms with van der Waals surface area (Å²) in [5.74, 6) is 0.173. The van der Waals surface area contributed by atoms with E-state index in [0.29, 0.717) is 18.6 Å². The van der Waals surface area contributed by atoms with Gasteiger partial charge in [0.05, 0.1) is 6.54 Å². The van der Waals surface area contributed by atoms with Gasteiger partial charge in [0.25, 0.3) is 0 Å². The Kier molecular flexibility index (Phi) is 4.54. The van der Waals surface area contributed by atoms with Crippen molar-refractivity contribution in [3.05, 3.63) is 0 Å². The van der Waals surface area contributed by atoms with Crippen molar-refractivity contribution in [2.45, 2.75) is 37.8 Å². The van der Waals surface area contributed by atoms with E-state index in [4.69, 9.17) is 5.73 Å². The van der Waals surface area contributed by atoms with Gasteiger partial charge in [0.15, 0.2) is 0 Å². The molecule has 1 aliphatic rings. The molecule has 1 amide bonds. The van der Waals surface area contributed by atoms with E-state index in [2.05, 4.69) is 4.90 Å². The van der Waals surface area contributed by atoms with E-state index in [-0.39, 0.29) is 5.91 Å². The Morgan fingerprint density at radius 1 is 1.20 bits per heavy atom. The zero-order chi connectivity index (χ0) is 11.4. The van der Waals surface area contributed by atoms with Crippen LogP contribution in [0.5, 0.6) is 0 Å². The highest BCUT2D eigenvalue weighted by molar-refractivity contribution is 5.77. The molecule has 0 unspecified atom stereocenters. The van der Waals surface area contributed by atoms with Crippen LogP contribution >= 0.6 is 0 Å². The molecule has 1 saturated carbocycles. The van der Waals surface area contributed by atoms with E-state index in [1.807, 2.05) is 7.05 Å². The maximum atomic E-state index is 11.5. The van der Waals surface area contributed by atoms with Crippen molar-refractivity contribution in [3.63, 3.8) is 0 Å². The zero-order valence-electron chi connectivity index (χ0n) is 10.1. The third kappa shape index (κ3) is 3.80. The molecule has 0 aromatic carbocycles. The van der Waals surface area contributed by atoms with Crippen molar-refractivity contribution >= 4 is 5.91 Å². The van der Waals surface area contributed by atoms with Gasteiger partial charge in [-0.2, -0.15) is 0 Å². The second-order valence-corrected chi connectivity index (χ2v) is 4.77. The first-order valence-corrected chi connectivity index (χ1v) is 5.66. The SMILES string of the molecule is CN(C)C(=O)CN(C)C1CCC(N)CC1. The van der Waals surface area contributed by atoms with Crippen molar-refractivity contribution < 1.29 is 4.79 Å². The highest BCUT2D eigenvalue weighted by Gasteiger charge is 2.23. The molecule has 4 heteroatoms. The fraction of sp³-hybridized carbons (Fsp3) is 0.909. The molecule has 0 aliphatic heterocycles. The highest BCUT2D eigenvalue weighted by atomic mass is 16.2. The van der Waals surface area contributed by atoms with Gasteiger partial charge >= 0.3 is 0 Å². The Labute approximate surface area is 92.4 Å². The van der Waals surface area contributed by atoms with E-state index >= 15 is 0 Å². The Balaban J connectivity index is 2.34. The third-order valence-corrected chi connectivity index (χ3v) is 3.25. The monoisotopic (exact) mass is 213 g/mol. The van der Waals surface area contributed by atoms with Crippen LogP contribution in [-0.2, 0) is 4.79 Å². The normalized spacial score (nSPS) is 26.7. The first-order valence-electron chi connectivity index (χ1n) is 5.66. The molecule has 1 rings (SSSR count). The number of likely N-dealkylation sites (N-methyl/N-ethyl adjacent to an activating group) is 2. The van der Waals surface area contributed by atoms with Gasteiger partial charge in [-0.1, -0.05) is 0 Å². The Bertz CT molecular complexity index is 210. The van der Waals surface area contributed by atoms with Gasteiger partial charge in [0, 0.05) is 26.2 Å². The molecule has 0 heterocycles. The van der Waals surface area contributed by atoms with Crippen LogP contribution in [0.4, 0.5) is 0 Å². The van der Waals surface area contributed by atoms with Gasteiger partial charge in [-0.25, -0.2) is 0 Å². The van der Waals surface area contributed by atoms with Gasteiger partial charge < -0.3 is 10.6 Å². The summed E-state index contributed by atoms with van der Waals surface area (Å²) in [6, 6.07) is 0.910. The molecule has 4 nitrogen and oxygen atoms in total. The van der Waals surface area contributed by atoms with Crippen molar-refractivity contribution in [1.29, 1.82) is 0 Å². The van der Waals surface area contributed by atoms with Crippen LogP contribution in [0.15, 0.2) is 0 Å². The summed E-state index contributed by atoms with van der Waals surface area (Å²) in [5.41, 5.74) is 5.85. The Morgan fingerprint density at radius 3 is 2.20 bits per heavy atom. The molecule has 1 fully saturated rings. The maximum absolute atomic E-state index is 11.5. The molecule has 2 N–H and O–H groups in total. The van der Waals surface area contributed by atoms with E-state index in [1.54, 1.807) is 19.0 Å². The standard InChI is InChI=1S/C11H23N3O/c1-13(2)11(15)8-14(3)10-6-4-9(12)5-7-10/h9-10H,4-8,12H2,1-3H3. The maximum Gasteiger partial charge on any atom is 0.236 e. The quantitative estimate of drug-likeness (QED) is 0.732. The summed E-state index contributed by atoms with van der Waals surface area (Å²) in [6.45, 7) is 0.521. The lowest BCUT2D eigenvalue weighted by Crippen LogP contribution is -2.43. The van der Waals surface area contributed by atoms with Crippen molar-refractivity contribution in [2.24, 2.45) is 5.73 Å². The highest BCUT2D eigenvalue weighted by Crippen LogP contribution is 2.20. The number of hydrogen-bond acceptors (Lipinski definition) is 3. The summed E-state index contributed by atoms with van der Waals surface area (Å²) < 4.78 is 0. The summed E-state index contributed by atoms with van der Waals surface area (Å²) in [7, 11) is 5.63. The molecule has 0 spiro atoms. The van der Waals surface area contributed by atoms with Gasteiger partial charge in [0.2, 0.25) is 5.91 Å². The second kappa shape index (κ2) is 5.47. The lowest BCUT2D eigenvalue weighted by Gasteiger charge is -2.33. The molecule has 0 radical (unpaired) electrons. The van der Waals surface area contributed by atoms with Crippen LogP contribution in [0.3, 0.4) is 0 Å². The largest absolute Gasteiger partial charge is 0.348 e. The molecule has 0 saturated heterocycles. The fourth-order valence-electron chi connectivity index (χ4n) is 2.03. The fourth-order valence-corrected chi connectivity index (χ4v) is 2.03. The van der Waals surface area contributed by atoms with Crippen molar-refractivity contribution in [1.82, 2.24) is 9.80 Å². The average Bonchev–Trinajstić information content (AvgIpc) is 2.18. The minimum atomic E-state index is 0.173.